The van der Waals surface area contributed by atoms with Crippen molar-refractivity contribution in [2.75, 3.05) is 0 Å². The van der Waals surface area contributed by atoms with E-state index in [4.69, 9.17) is 0 Å². The van der Waals surface area contributed by atoms with E-state index >= 15 is 0 Å². The van der Waals surface area contributed by atoms with Gasteiger partial charge in [-0.2, -0.15) is 0 Å². The smallest absolute Gasteiger partial charge is 0.267 e. The first kappa shape index (κ1) is 8.74. The number of aromatic amines is 2. The molecule has 0 aliphatic rings. The highest BCUT2D eigenvalue weighted by Crippen LogP contribution is 2.08. The molecule has 1 aromatic heterocycles. The molecule has 2 rings (SSSR count). The fourth-order valence-corrected chi connectivity index (χ4v) is 1.45. The molecule has 0 aliphatic heterocycles. The summed E-state index contributed by atoms with van der Waals surface area (Å²) in [4.78, 5) is 22.7. The minimum atomic E-state index is -0.262. The van der Waals surface area contributed by atoms with Gasteiger partial charge in [0.2, 0.25) is 0 Å². The van der Waals surface area contributed by atoms with Crippen molar-refractivity contribution in [2.24, 2.45) is 0 Å². The second-order valence-corrected chi connectivity index (χ2v) is 3.14. The van der Waals surface area contributed by atoms with Crippen LogP contribution in [0.2, 0.25) is 0 Å². The first-order valence-electron chi connectivity index (χ1n) is 4.46. The molecule has 0 unspecified atom stereocenters. The quantitative estimate of drug-likeness (QED) is 0.697. The predicted octanol–water partition coefficient (Wildman–Crippen LogP) is 0.779. The number of rotatable bonds is 1. The number of H-pyrrole nitrogens is 2. The molecule has 0 fully saturated rings. The van der Waals surface area contributed by atoms with E-state index in [0.717, 1.165) is 12.0 Å². The molecule has 72 valence electrons. The maximum absolute atomic E-state index is 11.4. The highest BCUT2D eigenvalue weighted by atomic mass is 16.1. The summed E-state index contributed by atoms with van der Waals surface area (Å²) in [6.45, 7) is 2.00. The highest BCUT2D eigenvalue weighted by Gasteiger charge is 2.02. The second-order valence-electron chi connectivity index (χ2n) is 3.14. The lowest BCUT2D eigenvalue weighted by Gasteiger charge is -1.98. The van der Waals surface area contributed by atoms with Gasteiger partial charge in [-0.15, -0.1) is 0 Å². The Labute approximate surface area is 79.6 Å². The van der Waals surface area contributed by atoms with Gasteiger partial charge in [-0.3, -0.25) is 19.8 Å². The average Bonchev–Trinajstić information content (AvgIpc) is 2.23. The molecule has 0 aliphatic carbocycles. The van der Waals surface area contributed by atoms with Crippen molar-refractivity contribution in [1.82, 2.24) is 10.2 Å². The largest absolute Gasteiger partial charge is 0.270 e. The molecule has 0 atom stereocenters. The van der Waals surface area contributed by atoms with E-state index in [-0.39, 0.29) is 11.1 Å². The van der Waals surface area contributed by atoms with Gasteiger partial charge in [-0.25, -0.2) is 0 Å². The van der Waals surface area contributed by atoms with Crippen LogP contribution in [-0.4, -0.2) is 10.2 Å². The molecule has 14 heavy (non-hydrogen) atoms. The maximum Gasteiger partial charge on any atom is 0.270 e. The van der Waals surface area contributed by atoms with Crippen molar-refractivity contribution in [1.29, 1.82) is 0 Å². The lowest BCUT2D eigenvalue weighted by Crippen LogP contribution is -2.18. The van der Waals surface area contributed by atoms with Crippen LogP contribution in [0.3, 0.4) is 0 Å². The van der Waals surface area contributed by atoms with Crippen LogP contribution in [0, 0.1) is 0 Å². The van der Waals surface area contributed by atoms with Crippen LogP contribution in [0.5, 0.6) is 0 Å². The van der Waals surface area contributed by atoms with Crippen LogP contribution in [0.15, 0.2) is 27.8 Å². The molecule has 0 radical (unpaired) electrons. The average molecular weight is 190 g/mol. The molecule has 1 heterocycles. The molecule has 0 saturated heterocycles. The third-order valence-electron chi connectivity index (χ3n) is 2.27. The van der Waals surface area contributed by atoms with Crippen molar-refractivity contribution >= 4 is 10.8 Å². The Morgan fingerprint density at radius 3 is 2.36 bits per heavy atom. The summed E-state index contributed by atoms with van der Waals surface area (Å²) < 4.78 is 0. The van der Waals surface area contributed by atoms with Gasteiger partial charge < -0.3 is 0 Å². The minimum absolute atomic E-state index is 0.255. The Morgan fingerprint density at radius 2 is 1.71 bits per heavy atom. The Balaban J connectivity index is 2.94. The molecular formula is C10H10N2O2. The number of hydrogen-bond acceptors (Lipinski definition) is 2. The van der Waals surface area contributed by atoms with E-state index in [2.05, 4.69) is 10.2 Å². The van der Waals surface area contributed by atoms with Crippen LogP contribution < -0.4 is 11.1 Å². The zero-order valence-corrected chi connectivity index (χ0v) is 7.76. The van der Waals surface area contributed by atoms with E-state index in [1.807, 2.05) is 13.0 Å². The molecule has 2 N–H and O–H groups in total. The number of hydrogen-bond donors (Lipinski definition) is 2. The van der Waals surface area contributed by atoms with Gasteiger partial charge in [0.1, 0.15) is 0 Å². The number of benzene rings is 1. The van der Waals surface area contributed by atoms with Crippen LogP contribution in [0.1, 0.15) is 12.5 Å². The molecular weight excluding hydrogens is 180 g/mol. The third-order valence-corrected chi connectivity index (χ3v) is 2.27. The van der Waals surface area contributed by atoms with Crippen molar-refractivity contribution in [3.63, 3.8) is 0 Å². The molecule has 4 heteroatoms. The van der Waals surface area contributed by atoms with Gasteiger partial charge in [-0.1, -0.05) is 13.0 Å². The summed E-state index contributed by atoms with van der Waals surface area (Å²) in [6.07, 6.45) is 0.849. The third kappa shape index (κ3) is 1.25. The maximum atomic E-state index is 11.4. The van der Waals surface area contributed by atoms with Gasteiger partial charge in [0.15, 0.2) is 0 Å². The van der Waals surface area contributed by atoms with Gasteiger partial charge in [-0.05, 0) is 24.1 Å². The van der Waals surface area contributed by atoms with Crippen LogP contribution in [0.25, 0.3) is 10.8 Å². The summed E-state index contributed by atoms with van der Waals surface area (Å²) in [6, 6.07) is 5.29. The summed E-state index contributed by atoms with van der Waals surface area (Å²) in [5, 5.41) is 5.48. The number of nitrogens with one attached hydrogen (secondary N) is 2. The first-order valence-corrected chi connectivity index (χ1v) is 4.46. The van der Waals surface area contributed by atoms with Crippen LogP contribution in [0.4, 0.5) is 0 Å². The molecule has 0 saturated carbocycles. The lowest BCUT2D eigenvalue weighted by atomic mass is 10.1. The van der Waals surface area contributed by atoms with Gasteiger partial charge in [0.25, 0.3) is 11.1 Å². The van der Waals surface area contributed by atoms with Crippen molar-refractivity contribution < 1.29 is 0 Å². The van der Waals surface area contributed by atoms with E-state index in [1.165, 1.54) is 0 Å². The van der Waals surface area contributed by atoms with Crippen molar-refractivity contribution in [3.05, 3.63) is 44.5 Å². The fourth-order valence-electron chi connectivity index (χ4n) is 1.45. The van der Waals surface area contributed by atoms with Gasteiger partial charge in [0, 0.05) is 0 Å². The number of aromatic nitrogens is 2. The Bertz CT molecular complexity index is 580. The molecule has 0 bridgehead atoms. The Hall–Kier alpha value is -1.84. The highest BCUT2D eigenvalue weighted by molar-refractivity contribution is 5.80. The van der Waals surface area contributed by atoms with Crippen molar-refractivity contribution in [3.8, 4) is 0 Å². The summed E-state index contributed by atoms with van der Waals surface area (Å²) >= 11 is 0. The summed E-state index contributed by atoms with van der Waals surface area (Å²) in [5.41, 5.74) is 0.533. The van der Waals surface area contributed by atoms with Gasteiger partial charge >= 0.3 is 0 Å². The number of fused-ring (bicyclic) bond motifs is 1. The van der Waals surface area contributed by atoms with E-state index in [0.29, 0.717) is 10.8 Å². The molecule has 2 aromatic rings. The topological polar surface area (TPSA) is 65.7 Å². The predicted molar refractivity (Wildman–Crippen MR) is 54.6 cm³/mol. The van der Waals surface area contributed by atoms with Crippen LogP contribution in [-0.2, 0) is 6.42 Å². The van der Waals surface area contributed by atoms with E-state index < -0.39 is 0 Å². The normalized spacial score (nSPS) is 10.6. The minimum Gasteiger partial charge on any atom is -0.267 e. The summed E-state index contributed by atoms with van der Waals surface area (Å²) in [7, 11) is 0. The molecule has 0 spiro atoms. The number of aryl methyl sites for hydroxylation is 1. The SMILES string of the molecule is CCc1ccc2c(=O)[nH][nH]c(=O)c2c1. The van der Waals surface area contributed by atoms with Crippen LogP contribution >= 0.6 is 0 Å². The van der Waals surface area contributed by atoms with E-state index in [9.17, 15) is 9.59 Å². The monoisotopic (exact) mass is 190 g/mol. The van der Waals surface area contributed by atoms with Gasteiger partial charge in [0.05, 0.1) is 10.8 Å². The Morgan fingerprint density at radius 1 is 1.07 bits per heavy atom. The lowest BCUT2D eigenvalue weighted by molar-refractivity contribution is 0.975. The molecule has 4 nitrogen and oxygen atoms in total. The summed E-state index contributed by atoms with van der Waals surface area (Å²) in [5.74, 6) is 0. The van der Waals surface area contributed by atoms with Crippen molar-refractivity contribution in [2.45, 2.75) is 13.3 Å². The fraction of sp³-hybridized carbons (Fsp3) is 0.200. The zero-order valence-electron chi connectivity index (χ0n) is 7.76. The first-order chi connectivity index (χ1) is 6.72. The second kappa shape index (κ2) is 3.14. The zero-order chi connectivity index (χ0) is 10.1. The standard InChI is InChI=1S/C10H10N2O2/c1-2-6-3-4-7-8(5-6)10(14)12-11-9(7)13/h3-5H,2H2,1H3,(H,11,13)(H,12,14). The molecule has 0 amide bonds. The van der Waals surface area contributed by atoms with E-state index in [1.54, 1.807) is 12.1 Å². The molecule has 1 aromatic carbocycles. The Kier molecular flexibility index (Phi) is 1.96.